The molecule has 2 heterocycles. The van der Waals surface area contributed by atoms with Crippen LogP contribution in [-0.2, 0) is 0 Å². The van der Waals surface area contributed by atoms with Crippen molar-refractivity contribution in [2.45, 2.75) is 6.92 Å². The van der Waals surface area contributed by atoms with Crippen LogP contribution in [0.1, 0.15) is 5.82 Å². The van der Waals surface area contributed by atoms with Crippen LogP contribution in [0.3, 0.4) is 0 Å². The van der Waals surface area contributed by atoms with Gasteiger partial charge >= 0.3 is 0 Å². The number of thioether (sulfide) groups is 1. The van der Waals surface area contributed by atoms with Crippen LogP contribution in [0.4, 0.5) is 11.6 Å². The number of H-pyrrole nitrogens is 1. The van der Waals surface area contributed by atoms with Gasteiger partial charge in [-0.25, -0.2) is 4.98 Å². The van der Waals surface area contributed by atoms with Crippen molar-refractivity contribution < 1.29 is 0 Å². The van der Waals surface area contributed by atoms with Crippen LogP contribution < -0.4 is 10.6 Å². The van der Waals surface area contributed by atoms with E-state index >= 15 is 0 Å². The molecule has 0 radical (unpaired) electrons. The number of anilines is 2. The van der Waals surface area contributed by atoms with Crippen molar-refractivity contribution in [3.63, 3.8) is 0 Å². The van der Waals surface area contributed by atoms with Crippen LogP contribution in [0.5, 0.6) is 0 Å². The molecule has 4 nitrogen and oxygen atoms in total. The molecule has 0 aliphatic carbocycles. The second kappa shape index (κ2) is 3.49. The van der Waals surface area contributed by atoms with Crippen molar-refractivity contribution in [3.8, 4) is 0 Å². The molecule has 1 fully saturated rings. The number of imidazole rings is 1. The Labute approximate surface area is 81.9 Å². The van der Waals surface area contributed by atoms with Gasteiger partial charge < -0.3 is 15.6 Å². The maximum atomic E-state index is 5.81. The number of aryl methyl sites for hydroxylation is 1. The molecule has 13 heavy (non-hydrogen) atoms. The zero-order valence-electron chi connectivity index (χ0n) is 7.71. The van der Waals surface area contributed by atoms with Crippen molar-refractivity contribution in [1.29, 1.82) is 0 Å². The first-order valence-corrected chi connectivity index (χ1v) is 5.57. The van der Waals surface area contributed by atoms with E-state index in [0.29, 0.717) is 5.82 Å². The number of nitrogen functional groups attached to an aromatic ring is 1. The van der Waals surface area contributed by atoms with Crippen LogP contribution in [0.25, 0.3) is 0 Å². The lowest BCUT2D eigenvalue weighted by molar-refractivity contribution is 0.843. The highest BCUT2D eigenvalue weighted by molar-refractivity contribution is 7.99. The summed E-state index contributed by atoms with van der Waals surface area (Å²) in [5, 5.41) is 0. The average molecular weight is 198 g/mol. The number of aromatic amines is 1. The fraction of sp³-hybridized carbons (Fsp3) is 0.625. The molecule has 2 rings (SSSR count). The second-order valence-electron chi connectivity index (χ2n) is 3.16. The van der Waals surface area contributed by atoms with Crippen LogP contribution in [0, 0.1) is 6.92 Å². The molecular weight excluding hydrogens is 184 g/mol. The molecule has 0 unspecified atom stereocenters. The molecule has 1 aliphatic rings. The summed E-state index contributed by atoms with van der Waals surface area (Å²) < 4.78 is 0. The molecule has 0 saturated carbocycles. The molecule has 5 heteroatoms. The highest BCUT2D eigenvalue weighted by Crippen LogP contribution is 2.22. The highest BCUT2D eigenvalue weighted by Gasteiger charge is 2.16. The summed E-state index contributed by atoms with van der Waals surface area (Å²) >= 11 is 1.99. The number of hydrogen-bond acceptors (Lipinski definition) is 4. The minimum absolute atomic E-state index is 0.699. The van der Waals surface area contributed by atoms with E-state index in [4.69, 9.17) is 5.73 Å². The summed E-state index contributed by atoms with van der Waals surface area (Å²) in [4.78, 5) is 9.64. The first-order chi connectivity index (χ1) is 6.27. The number of rotatable bonds is 1. The predicted molar refractivity (Wildman–Crippen MR) is 57.3 cm³/mol. The van der Waals surface area contributed by atoms with Crippen molar-refractivity contribution in [2.75, 3.05) is 35.2 Å². The summed E-state index contributed by atoms with van der Waals surface area (Å²) in [7, 11) is 0. The Bertz CT molecular complexity index is 290. The van der Waals surface area contributed by atoms with E-state index in [9.17, 15) is 0 Å². The van der Waals surface area contributed by atoms with Gasteiger partial charge in [0, 0.05) is 24.6 Å². The first-order valence-electron chi connectivity index (χ1n) is 4.42. The minimum atomic E-state index is 0.699. The Hall–Kier alpha value is -0.840. The largest absolute Gasteiger partial charge is 0.382 e. The molecule has 1 saturated heterocycles. The molecule has 0 atom stereocenters. The molecular formula is C8H14N4S. The Kier molecular flexibility index (Phi) is 2.35. The zero-order valence-corrected chi connectivity index (χ0v) is 8.52. The average Bonchev–Trinajstić information content (AvgIpc) is 2.47. The first kappa shape index (κ1) is 8.74. The van der Waals surface area contributed by atoms with E-state index in [1.54, 1.807) is 0 Å². The van der Waals surface area contributed by atoms with Crippen LogP contribution in [0.2, 0.25) is 0 Å². The molecule has 3 N–H and O–H groups in total. The van der Waals surface area contributed by atoms with Crippen molar-refractivity contribution >= 4 is 23.4 Å². The van der Waals surface area contributed by atoms with E-state index in [-0.39, 0.29) is 0 Å². The summed E-state index contributed by atoms with van der Waals surface area (Å²) in [5.74, 6) is 4.87. The summed E-state index contributed by atoms with van der Waals surface area (Å²) in [6.45, 7) is 4.04. The molecule has 0 amide bonds. The van der Waals surface area contributed by atoms with Crippen LogP contribution >= 0.6 is 11.8 Å². The predicted octanol–water partition coefficient (Wildman–Crippen LogP) is 0.854. The minimum Gasteiger partial charge on any atom is -0.382 e. The van der Waals surface area contributed by atoms with Crippen molar-refractivity contribution in [3.05, 3.63) is 5.82 Å². The summed E-state index contributed by atoms with van der Waals surface area (Å²) in [6.07, 6.45) is 0. The van der Waals surface area contributed by atoms with E-state index in [1.165, 1.54) is 11.5 Å². The summed E-state index contributed by atoms with van der Waals surface area (Å²) in [5.41, 5.74) is 5.81. The second-order valence-corrected chi connectivity index (χ2v) is 4.38. The van der Waals surface area contributed by atoms with E-state index < -0.39 is 0 Å². The number of nitrogens with zero attached hydrogens (tertiary/aromatic N) is 2. The van der Waals surface area contributed by atoms with Gasteiger partial charge in [-0.15, -0.1) is 0 Å². The lowest BCUT2D eigenvalue weighted by atomic mass is 10.4. The van der Waals surface area contributed by atoms with Gasteiger partial charge in [0.1, 0.15) is 11.6 Å². The number of aromatic nitrogens is 2. The standard InChI is InChI=1S/C8H14N4S/c1-6-10-7(9)8(11-6)12-2-4-13-5-3-12/h2-5,9H2,1H3,(H,10,11). The van der Waals surface area contributed by atoms with Gasteiger partial charge in [-0.05, 0) is 6.92 Å². The smallest absolute Gasteiger partial charge is 0.171 e. The van der Waals surface area contributed by atoms with Crippen LogP contribution in [-0.4, -0.2) is 34.6 Å². The van der Waals surface area contributed by atoms with Gasteiger partial charge in [0.25, 0.3) is 0 Å². The van der Waals surface area contributed by atoms with Crippen molar-refractivity contribution in [1.82, 2.24) is 9.97 Å². The van der Waals surface area contributed by atoms with Gasteiger partial charge in [-0.3, -0.25) is 0 Å². The fourth-order valence-corrected chi connectivity index (χ4v) is 2.42. The number of nitrogens with one attached hydrogen (secondary N) is 1. The Morgan fingerprint density at radius 1 is 1.46 bits per heavy atom. The molecule has 1 aromatic rings. The van der Waals surface area contributed by atoms with E-state index in [1.807, 2.05) is 18.7 Å². The molecule has 72 valence electrons. The molecule has 1 aliphatic heterocycles. The molecule has 0 spiro atoms. The zero-order chi connectivity index (χ0) is 9.26. The maximum Gasteiger partial charge on any atom is 0.171 e. The van der Waals surface area contributed by atoms with Gasteiger partial charge in [-0.2, -0.15) is 11.8 Å². The quantitative estimate of drug-likeness (QED) is 0.702. The van der Waals surface area contributed by atoms with Gasteiger partial charge in [0.2, 0.25) is 0 Å². The Morgan fingerprint density at radius 3 is 2.69 bits per heavy atom. The van der Waals surface area contributed by atoms with Crippen LogP contribution in [0.15, 0.2) is 0 Å². The number of nitrogens with two attached hydrogens (primary N) is 1. The lowest BCUT2D eigenvalue weighted by Gasteiger charge is -2.26. The summed E-state index contributed by atoms with van der Waals surface area (Å²) in [6, 6.07) is 0. The monoisotopic (exact) mass is 198 g/mol. The topological polar surface area (TPSA) is 57.9 Å². The Balaban J connectivity index is 2.18. The van der Waals surface area contributed by atoms with E-state index in [0.717, 1.165) is 24.7 Å². The highest BCUT2D eigenvalue weighted by atomic mass is 32.2. The number of hydrogen-bond donors (Lipinski definition) is 2. The van der Waals surface area contributed by atoms with Gasteiger partial charge in [0.15, 0.2) is 5.82 Å². The van der Waals surface area contributed by atoms with Gasteiger partial charge in [0.05, 0.1) is 0 Å². The fourth-order valence-electron chi connectivity index (χ4n) is 1.51. The molecule has 1 aromatic heterocycles. The van der Waals surface area contributed by atoms with E-state index in [2.05, 4.69) is 14.9 Å². The van der Waals surface area contributed by atoms with Crippen molar-refractivity contribution in [2.24, 2.45) is 0 Å². The molecule has 0 bridgehead atoms. The SMILES string of the molecule is Cc1nc(N2CCSCC2)c(N)[nH]1. The molecule has 0 aromatic carbocycles. The third kappa shape index (κ3) is 1.75. The Morgan fingerprint density at radius 2 is 2.15 bits per heavy atom. The van der Waals surface area contributed by atoms with Gasteiger partial charge in [-0.1, -0.05) is 0 Å². The normalized spacial score (nSPS) is 17.8. The third-order valence-electron chi connectivity index (χ3n) is 2.14. The maximum absolute atomic E-state index is 5.81. The third-order valence-corrected chi connectivity index (χ3v) is 3.08. The lowest BCUT2D eigenvalue weighted by Crippen LogP contribution is -2.33.